The molecule has 0 radical (unpaired) electrons. The molecule has 0 aliphatic carbocycles. The van der Waals surface area contributed by atoms with Gasteiger partial charge in [0.1, 0.15) is 5.75 Å². The summed E-state index contributed by atoms with van der Waals surface area (Å²) in [7, 11) is 4.35. The number of hydrogen-bond acceptors (Lipinski definition) is 7. The Morgan fingerprint density at radius 1 is 0.531 bits per heavy atom. The average Bonchev–Trinajstić information content (AvgIpc) is 2.86. The van der Waals surface area contributed by atoms with Crippen LogP contribution in [0, 0.1) is 0 Å². The number of benzene rings is 3. The molecule has 0 aliphatic heterocycles. The van der Waals surface area contributed by atoms with E-state index in [1.165, 1.54) is 75.9 Å². The first-order valence-corrected chi connectivity index (χ1v) is 9.54. The van der Waals surface area contributed by atoms with Gasteiger partial charge < -0.3 is 14.2 Å². The van der Waals surface area contributed by atoms with E-state index in [1.807, 2.05) is 0 Å². The molecule has 0 saturated carbocycles. The van der Waals surface area contributed by atoms with E-state index in [0.29, 0.717) is 11.5 Å². The van der Waals surface area contributed by atoms with Crippen LogP contribution in [0.4, 0.5) is 0 Å². The number of ketones is 4. The van der Waals surface area contributed by atoms with Crippen LogP contribution in [-0.4, -0.2) is 44.5 Å². The van der Waals surface area contributed by atoms with Gasteiger partial charge in [-0.05, 0) is 42.5 Å². The monoisotopic (exact) mass is 432 g/mol. The largest absolute Gasteiger partial charge is 0.497 e. The number of carbonyl (C=O) groups excluding carboxylic acids is 4. The fourth-order valence-corrected chi connectivity index (χ4v) is 3.11. The lowest BCUT2D eigenvalue weighted by Gasteiger charge is -2.10. The summed E-state index contributed by atoms with van der Waals surface area (Å²) < 4.78 is 15.4. The Morgan fingerprint density at radius 2 is 1.03 bits per heavy atom. The van der Waals surface area contributed by atoms with Gasteiger partial charge in [0.15, 0.2) is 11.5 Å². The second-order valence-electron chi connectivity index (χ2n) is 6.66. The Bertz CT molecular complexity index is 1190. The molecule has 7 heteroatoms. The van der Waals surface area contributed by atoms with Crippen molar-refractivity contribution in [3.05, 3.63) is 89.0 Å². The highest BCUT2D eigenvalue weighted by atomic mass is 16.5. The molecule has 0 fully saturated rings. The van der Waals surface area contributed by atoms with E-state index in [9.17, 15) is 19.2 Å². The van der Waals surface area contributed by atoms with Crippen molar-refractivity contribution in [3.63, 3.8) is 0 Å². The molecule has 3 rings (SSSR count). The Hall–Kier alpha value is -4.26. The van der Waals surface area contributed by atoms with Gasteiger partial charge in [-0.2, -0.15) is 0 Å². The van der Waals surface area contributed by atoms with Gasteiger partial charge in [-0.15, -0.1) is 0 Å². The summed E-state index contributed by atoms with van der Waals surface area (Å²) >= 11 is 0. The normalized spacial score (nSPS) is 10.2. The number of methoxy groups -OCH3 is 3. The Balaban J connectivity index is 1.93. The van der Waals surface area contributed by atoms with E-state index in [4.69, 9.17) is 14.2 Å². The molecule has 0 unspecified atom stereocenters. The Labute approximate surface area is 184 Å². The Morgan fingerprint density at radius 3 is 1.53 bits per heavy atom. The molecule has 0 atom stereocenters. The van der Waals surface area contributed by atoms with E-state index in [2.05, 4.69) is 0 Å². The van der Waals surface area contributed by atoms with Gasteiger partial charge in [-0.1, -0.05) is 24.3 Å². The molecule has 0 N–H and O–H groups in total. The van der Waals surface area contributed by atoms with Crippen LogP contribution < -0.4 is 14.2 Å². The zero-order valence-corrected chi connectivity index (χ0v) is 17.7. The quantitative estimate of drug-likeness (QED) is 0.374. The lowest BCUT2D eigenvalue weighted by Crippen LogP contribution is -2.22. The zero-order valence-electron chi connectivity index (χ0n) is 17.7. The summed E-state index contributed by atoms with van der Waals surface area (Å²) in [6.07, 6.45) is 0. The molecule has 162 valence electrons. The molecule has 3 aromatic carbocycles. The van der Waals surface area contributed by atoms with Gasteiger partial charge in [0, 0.05) is 22.3 Å². The summed E-state index contributed by atoms with van der Waals surface area (Å²) in [5.74, 6) is -2.23. The molecule has 0 amide bonds. The molecule has 7 nitrogen and oxygen atoms in total. The summed E-state index contributed by atoms with van der Waals surface area (Å²) in [6.45, 7) is 0. The number of Topliss-reactive ketones (excluding diaryl/α,β-unsaturated/α-hetero) is 4. The van der Waals surface area contributed by atoms with Crippen molar-refractivity contribution in [2.45, 2.75) is 0 Å². The summed E-state index contributed by atoms with van der Waals surface area (Å²) in [5.41, 5.74) is -0.0908. The maximum atomic E-state index is 13.0. The molecule has 0 bridgehead atoms. The number of hydrogen-bond donors (Lipinski definition) is 0. The van der Waals surface area contributed by atoms with E-state index < -0.39 is 23.1 Å². The molecular formula is C25H20O7. The van der Waals surface area contributed by atoms with Gasteiger partial charge in [0.05, 0.1) is 21.3 Å². The maximum Gasteiger partial charge on any atom is 0.234 e. The highest BCUT2D eigenvalue weighted by molar-refractivity contribution is 6.54. The van der Waals surface area contributed by atoms with Crippen LogP contribution in [-0.2, 0) is 0 Å². The molecule has 0 saturated heterocycles. The number of rotatable bonds is 9. The predicted molar refractivity (Wildman–Crippen MR) is 116 cm³/mol. The highest BCUT2D eigenvalue weighted by Gasteiger charge is 2.27. The predicted octanol–water partition coefficient (Wildman–Crippen LogP) is 3.84. The van der Waals surface area contributed by atoms with Crippen LogP contribution >= 0.6 is 0 Å². The van der Waals surface area contributed by atoms with Crippen LogP contribution in [0.5, 0.6) is 17.2 Å². The second-order valence-corrected chi connectivity index (χ2v) is 6.66. The first-order valence-electron chi connectivity index (χ1n) is 9.54. The van der Waals surface area contributed by atoms with Gasteiger partial charge in [0.25, 0.3) is 0 Å². The van der Waals surface area contributed by atoms with Crippen molar-refractivity contribution < 1.29 is 33.4 Å². The molecule has 0 heterocycles. The van der Waals surface area contributed by atoms with E-state index in [1.54, 1.807) is 12.1 Å². The van der Waals surface area contributed by atoms with Crippen molar-refractivity contribution in [2.24, 2.45) is 0 Å². The van der Waals surface area contributed by atoms with E-state index in [-0.39, 0.29) is 28.0 Å². The smallest absolute Gasteiger partial charge is 0.234 e. The molecule has 0 aliphatic rings. The lowest BCUT2D eigenvalue weighted by molar-refractivity contribution is 0.0801. The minimum atomic E-state index is -0.913. The van der Waals surface area contributed by atoms with Gasteiger partial charge in [-0.3, -0.25) is 19.2 Å². The van der Waals surface area contributed by atoms with Crippen LogP contribution in [0.1, 0.15) is 41.4 Å². The maximum absolute atomic E-state index is 13.0. The average molecular weight is 432 g/mol. The van der Waals surface area contributed by atoms with Crippen molar-refractivity contribution in [2.75, 3.05) is 21.3 Å². The topological polar surface area (TPSA) is 96.0 Å². The van der Waals surface area contributed by atoms with Crippen LogP contribution in [0.2, 0.25) is 0 Å². The molecule has 0 spiro atoms. The number of carbonyl (C=O) groups is 4. The minimum Gasteiger partial charge on any atom is -0.497 e. The van der Waals surface area contributed by atoms with Crippen molar-refractivity contribution in [3.8, 4) is 17.2 Å². The highest BCUT2D eigenvalue weighted by Crippen LogP contribution is 2.28. The zero-order chi connectivity index (χ0) is 23.3. The van der Waals surface area contributed by atoms with Gasteiger partial charge >= 0.3 is 0 Å². The standard InChI is InChI=1S/C25H20O7/c1-30-17-11-8-15(9-12-17)22(26)24(28)18-6-4-5-7-19(18)25(29)23(27)16-10-13-20(31-2)21(14-16)32-3/h4-14H,1-3H3. The van der Waals surface area contributed by atoms with Crippen LogP contribution in [0.3, 0.4) is 0 Å². The van der Waals surface area contributed by atoms with Crippen LogP contribution in [0.25, 0.3) is 0 Å². The summed E-state index contributed by atoms with van der Waals surface area (Å²) in [6, 6.07) is 16.1. The van der Waals surface area contributed by atoms with Crippen molar-refractivity contribution in [1.29, 1.82) is 0 Å². The first-order chi connectivity index (χ1) is 15.4. The molecule has 0 aromatic heterocycles. The summed E-state index contributed by atoms with van der Waals surface area (Å²) in [5, 5.41) is 0. The number of ether oxygens (including phenoxy) is 3. The third kappa shape index (κ3) is 4.41. The SMILES string of the molecule is COc1ccc(C(=O)C(=O)c2ccccc2C(=O)C(=O)c2ccc(OC)c(OC)c2)cc1. The van der Waals surface area contributed by atoms with Crippen LogP contribution in [0.15, 0.2) is 66.7 Å². The summed E-state index contributed by atoms with van der Waals surface area (Å²) in [4.78, 5) is 51.4. The first kappa shape index (κ1) is 22.4. The van der Waals surface area contributed by atoms with E-state index in [0.717, 1.165) is 0 Å². The molecular weight excluding hydrogens is 412 g/mol. The third-order valence-electron chi connectivity index (χ3n) is 4.83. The molecule has 3 aromatic rings. The van der Waals surface area contributed by atoms with Crippen molar-refractivity contribution in [1.82, 2.24) is 0 Å². The van der Waals surface area contributed by atoms with E-state index >= 15 is 0 Å². The minimum absolute atomic E-state index is 0.0661. The van der Waals surface area contributed by atoms with Gasteiger partial charge in [-0.25, -0.2) is 0 Å². The van der Waals surface area contributed by atoms with Crippen molar-refractivity contribution >= 4 is 23.1 Å². The van der Waals surface area contributed by atoms with Gasteiger partial charge in [0.2, 0.25) is 23.1 Å². The fraction of sp³-hybridized carbons (Fsp3) is 0.120. The lowest BCUT2D eigenvalue weighted by atomic mass is 9.92. The second kappa shape index (κ2) is 9.70. The molecule has 32 heavy (non-hydrogen) atoms. The Kier molecular flexibility index (Phi) is 6.80. The third-order valence-corrected chi connectivity index (χ3v) is 4.83. The fourth-order valence-electron chi connectivity index (χ4n) is 3.11.